The minimum absolute atomic E-state index is 0.350. The van der Waals surface area contributed by atoms with Crippen molar-refractivity contribution >= 4 is 8.07 Å². The van der Waals surface area contributed by atoms with Gasteiger partial charge in [0.25, 0.3) is 0 Å². The molecule has 1 aromatic carbocycles. The number of rotatable bonds is 8. The molecule has 0 bridgehead atoms. The Morgan fingerprint density at radius 3 is 2.29 bits per heavy atom. The summed E-state index contributed by atoms with van der Waals surface area (Å²) in [5.74, 6) is 3.21. The highest BCUT2D eigenvalue weighted by atomic mass is 28.3. The summed E-state index contributed by atoms with van der Waals surface area (Å²) in [6, 6.07) is 13.6. The molecule has 0 heterocycles. The predicted octanol–water partition coefficient (Wildman–Crippen LogP) is 4.01. The average Bonchev–Trinajstić information content (AvgIpc) is 2.53. The van der Waals surface area contributed by atoms with Gasteiger partial charge in [-0.05, 0) is 23.7 Å². The van der Waals surface area contributed by atoms with E-state index in [4.69, 9.17) is 4.74 Å². The summed E-state index contributed by atoms with van der Waals surface area (Å²) in [6.07, 6.45) is 0.0299. The summed E-state index contributed by atoms with van der Waals surface area (Å²) in [5.41, 5.74) is 4.62. The molecule has 0 aromatic heterocycles. The van der Waals surface area contributed by atoms with Crippen LogP contribution in [-0.4, -0.2) is 25.9 Å². The maximum atomic E-state index is 9.93. The van der Waals surface area contributed by atoms with Crippen LogP contribution in [0.2, 0.25) is 18.1 Å². The van der Waals surface area contributed by atoms with Crippen molar-refractivity contribution < 1.29 is 9.84 Å². The molecule has 0 radical (unpaired) electrons. The Morgan fingerprint density at radius 2 is 1.71 bits per heavy atom. The van der Waals surface area contributed by atoms with Gasteiger partial charge in [0, 0.05) is 6.42 Å². The maximum absolute atomic E-state index is 9.93. The molecular weight excluding hydrogens is 276 g/mol. The van der Waals surface area contributed by atoms with Crippen LogP contribution in [0.4, 0.5) is 0 Å². The lowest BCUT2D eigenvalue weighted by Crippen LogP contribution is -2.29. The minimum atomic E-state index is -1.38. The normalized spacial score (nSPS) is 12.6. The van der Waals surface area contributed by atoms with E-state index in [9.17, 15) is 5.11 Å². The van der Waals surface area contributed by atoms with Crippen molar-refractivity contribution in [3.63, 3.8) is 0 Å². The molecule has 0 aliphatic carbocycles. The van der Waals surface area contributed by atoms with Crippen molar-refractivity contribution in [3.8, 4) is 11.5 Å². The Kier molecular flexibility index (Phi) is 8.37. The Bertz CT molecular complexity index is 435. The van der Waals surface area contributed by atoms with Gasteiger partial charge < -0.3 is 9.84 Å². The van der Waals surface area contributed by atoms with Crippen LogP contribution in [0.15, 0.2) is 30.3 Å². The molecule has 1 atom stereocenters. The predicted molar refractivity (Wildman–Crippen MR) is 91.7 cm³/mol. The summed E-state index contributed by atoms with van der Waals surface area (Å²) in [7, 11) is -1.38. The molecule has 2 nitrogen and oxygen atoms in total. The van der Waals surface area contributed by atoms with Crippen LogP contribution in [0, 0.1) is 11.5 Å². The third kappa shape index (κ3) is 6.47. The summed E-state index contributed by atoms with van der Waals surface area (Å²) in [4.78, 5) is 0. The SMILES string of the molecule is CC[Si](C#CC[C@@H](O)COCc1ccccc1)(CC)CC. The molecule has 0 saturated heterocycles. The van der Waals surface area contributed by atoms with E-state index < -0.39 is 14.2 Å². The molecule has 1 aromatic rings. The van der Waals surface area contributed by atoms with Crippen molar-refractivity contribution in [1.82, 2.24) is 0 Å². The first-order valence-corrected chi connectivity index (χ1v) is 10.6. The summed E-state index contributed by atoms with van der Waals surface area (Å²) in [5, 5.41) is 9.93. The van der Waals surface area contributed by atoms with Crippen molar-refractivity contribution in [1.29, 1.82) is 0 Å². The number of aliphatic hydroxyl groups excluding tert-OH is 1. The van der Waals surface area contributed by atoms with E-state index in [1.54, 1.807) is 0 Å². The zero-order valence-corrected chi connectivity index (χ0v) is 14.6. The molecule has 0 aliphatic heterocycles. The summed E-state index contributed by atoms with van der Waals surface area (Å²) >= 11 is 0. The van der Waals surface area contributed by atoms with Gasteiger partial charge in [-0.25, -0.2) is 0 Å². The van der Waals surface area contributed by atoms with E-state index >= 15 is 0 Å². The Morgan fingerprint density at radius 1 is 1.10 bits per heavy atom. The van der Waals surface area contributed by atoms with Crippen molar-refractivity contribution in [2.24, 2.45) is 0 Å². The van der Waals surface area contributed by atoms with Crippen LogP contribution in [0.3, 0.4) is 0 Å². The van der Waals surface area contributed by atoms with Gasteiger partial charge in [-0.15, -0.1) is 11.5 Å². The molecule has 116 valence electrons. The van der Waals surface area contributed by atoms with E-state index in [1.807, 2.05) is 30.3 Å². The molecule has 1 rings (SSSR count). The van der Waals surface area contributed by atoms with E-state index in [-0.39, 0.29) is 0 Å². The average molecular weight is 305 g/mol. The fourth-order valence-electron chi connectivity index (χ4n) is 2.32. The van der Waals surface area contributed by atoms with E-state index in [2.05, 4.69) is 32.2 Å². The number of aliphatic hydroxyl groups is 1. The van der Waals surface area contributed by atoms with Crippen molar-refractivity contribution in [2.45, 2.75) is 58.0 Å². The second-order valence-corrected chi connectivity index (χ2v) is 10.4. The highest BCUT2D eigenvalue weighted by molar-refractivity contribution is 6.87. The smallest absolute Gasteiger partial charge is 0.137 e. The van der Waals surface area contributed by atoms with E-state index in [0.717, 1.165) is 5.56 Å². The molecule has 21 heavy (non-hydrogen) atoms. The quantitative estimate of drug-likeness (QED) is 0.581. The van der Waals surface area contributed by atoms with Gasteiger partial charge in [0.2, 0.25) is 0 Å². The van der Waals surface area contributed by atoms with Crippen molar-refractivity contribution in [3.05, 3.63) is 35.9 Å². The third-order valence-corrected chi connectivity index (χ3v) is 8.91. The molecular formula is C18H28O2Si. The molecule has 0 amide bonds. The largest absolute Gasteiger partial charge is 0.390 e. The number of ether oxygens (including phenoxy) is 1. The van der Waals surface area contributed by atoms with Gasteiger partial charge in [-0.1, -0.05) is 51.1 Å². The summed E-state index contributed by atoms with van der Waals surface area (Å²) < 4.78 is 5.54. The lowest BCUT2D eigenvalue weighted by atomic mass is 10.2. The van der Waals surface area contributed by atoms with Gasteiger partial charge in [0.05, 0.1) is 19.3 Å². The van der Waals surface area contributed by atoms with Crippen LogP contribution in [-0.2, 0) is 11.3 Å². The van der Waals surface area contributed by atoms with Gasteiger partial charge in [-0.3, -0.25) is 0 Å². The molecule has 1 N–H and O–H groups in total. The number of benzene rings is 1. The molecule has 0 unspecified atom stereocenters. The van der Waals surface area contributed by atoms with Crippen LogP contribution in [0.5, 0.6) is 0 Å². The fraction of sp³-hybridized carbons (Fsp3) is 0.556. The Balaban J connectivity index is 2.33. The zero-order chi connectivity index (χ0) is 15.6. The lowest BCUT2D eigenvalue weighted by molar-refractivity contribution is 0.0311. The molecule has 0 saturated carbocycles. The molecule has 0 fully saturated rings. The highest BCUT2D eigenvalue weighted by Crippen LogP contribution is 2.18. The number of hydrogen-bond acceptors (Lipinski definition) is 2. The first kappa shape index (κ1) is 18.0. The van der Waals surface area contributed by atoms with Gasteiger partial charge >= 0.3 is 0 Å². The first-order valence-electron chi connectivity index (χ1n) is 7.95. The van der Waals surface area contributed by atoms with Gasteiger partial charge in [-0.2, -0.15) is 0 Å². The zero-order valence-electron chi connectivity index (χ0n) is 13.6. The summed E-state index contributed by atoms with van der Waals surface area (Å²) in [6.45, 7) is 7.62. The highest BCUT2D eigenvalue weighted by Gasteiger charge is 2.24. The number of hydrogen-bond donors (Lipinski definition) is 1. The van der Waals surface area contributed by atoms with Crippen LogP contribution in [0.1, 0.15) is 32.8 Å². The van der Waals surface area contributed by atoms with E-state index in [1.165, 1.54) is 18.1 Å². The fourth-order valence-corrected chi connectivity index (χ4v) is 4.82. The molecule has 0 aliphatic rings. The second kappa shape index (κ2) is 9.78. The third-order valence-electron chi connectivity index (χ3n) is 4.14. The maximum Gasteiger partial charge on any atom is 0.137 e. The van der Waals surface area contributed by atoms with Crippen LogP contribution in [0.25, 0.3) is 0 Å². The van der Waals surface area contributed by atoms with Crippen molar-refractivity contribution in [2.75, 3.05) is 6.61 Å². The van der Waals surface area contributed by atoms with E-state index in [0.29, 0.717) is 19.6 Å². The Labute approximate surface area is 130 Å². The first-order chi connectivity index (χ1) is 10.2. The molecule has 3 heteroatoms. The Hall–Kier alpha value is -1.08. The molecule has 0 spiro atoms. The van der Waals surface area contributed by atoms with Gasteiger partial charge in [0.1, 0.15) is 8.07 Å². The standard InChI is InChI=1S/C18H28O2Si/c1-4-21(5-2,6-3)14-10-13-18(19)16-20-15-17-11-8-7-9-12-17/h7-9,11-12,18-19H,4-6,13,15-16H2,1-3H3/t18-/m1/s1. The monoisotopic (exact) mass is 304 g/mol. The minimum Gasteiger partial charge on any atom is -0.390 e. The topological polar surface area (TPSA) is 29.5 Å². The second-order valence-electron chi connectivity index (χ2n) is 5.50. The van der Waals surface area contributed by atoms with Crippen LogP contribution >= 0.6 is 0 Å². The lowest BCUT2D eigenvalue weighted by Gasteiger charge is -2.20. The van der Waals surface area contributed by atoms with Gasteiger partial charge in [0.15, 0.2) is 0 Å². The van der Waals surface area contributed by atoms with Crippen LogP contribution < -0.4 is 0 Å².